The zero-order valence-electron chi connectivity index (χ0n) is 8.22. The van der Waals surface area contributed by atoms with Gasteiger partial charge >= 0.3 is 12.1 Å². The van der Waals surface area contributed by atoms with Crippen molar-refractivity contribution in [2.24, 2.45) is 5.73 Å². The van der Waals surface area contributed by atoms with Crippen LogP contribution in [0, 0.1) is 6.92 Å². The van der Waals surface area contributed by atoms with Gasteiger partial charge in [-0.05, 0) is 19.1 Å². The summed E-state index contributed by atoms with van der Waals surface area (Å²) in [6.45, 7) is 1.47. The van der Waals surface area contributed by atoms with Crippen LogP contribution in [-0.2, 0) is 0 Å². The van der Waals surface area contributed by atoms with E-state index in [9.17, 15) is 22.0 Å². The number of hydrogen-bond donors (Lipinski definition) is 1. The minimum absolute atomic E-state index is 0.325. The van der Waals surface area contributed by atoms with E-state index in [0.29, 0.717) is 5.69 Å². The fourth-order valence-electron chi connectivity index (χ4n) is 1.10. The lowest BCUT2D eigenvalue weighted by Crippen LogP contribution is -2.46. The maximum Gasteiger partial charge on any atom is 0.455 e. The summed E-state index contributed by atoms with van der Waals surface area (Å²) in [4.78, 5) is 3.55. The van der Waals surface area contributed by atoms with Crippen LogP contribution < -0.4 is 5.73 Å². The number of aromatic nitrogens is 1. The van der Waals surface area contributed by atoms with E-state index < -0.39 is 23.8 Å². The van der Waals surface area contributed by atoms with E-state index in [1.807, 2.05) is 0 Å². The molecule has 0 spiro atoms. The molecule has 0 radical (unpaired) electrons. The number of halogens is 5. The molecule has 90 valence electrons. The van der Waals surface area contributed by atoms with Crippen LogP contribution in [0.4, 0.5) is 22.0 Å². The van der Waals surface area contributed by atoms with E-state index in [2.05, 4.69) is 4.98 Å². The van der Waals surface area contributed by atoms with Crippen LogP contribution in [0.3, 0.4) is 0 Å². The molecule has 2 nitrogen and oxygen atoms in total. The van der Waals surface area contributed by atoms with E-state index in [0.717, 1.165) is 6.07 Å². The first-order valence-electron chi connectivity index (χ1n) is 4.30. The average molecular weight is 240 g/mol. The van der Waals surface area contributed by atoms with E-state index >= 15 is 0 Å². The first-order valence-corrected chi connectivity index (χ1v) is 4.30. The van der Waals surface area contributed by atoms with Gasteiger partial charge in [0.1, 0.15) is 6.04 Å². The van der Waals surface area contributed by atoms with Gasteiger partial charge in [-0.2, -0.15) is 22.0 Å². The van der Waals surface area contributed by atoms with Crippen LogP contribution in [0.15, 0.2) is 18.2 Å². The lowest BCUT2D eigenvalue weighted by atomic mass is 10.1. The van der Waals surface area contributed by atoms with Gasteiger partial charge < -0.3 is 5.73 Å². The summed E-state index contributed by atoms with van der Waals surface area (Å²) in [5, 5.41) is 0. The molecule has 0 aliphatic heterocycles. The Morgan fingerprint density at radius 1 is 1.19 bits per heavy atom. The van der Waals surface area contributed by atoms with Crippen molar-refractivity contribution in [3.05, 3.63) is 29.6 Å². The number of alkyl halides is 5. The highest BCUT2D eigenvalue weighted by molar-refractivity contribution is 5.16. The first-order chi connectivity index (χ1) is 7.16. The molecule has 2 N–H and O–H groups in total. The second-order valence-electron chi connectivity index (χ2n) is 3.30. The van der Waals surface area contributed by atoms with Gasteiger partial charge in [-0.3, -0.25) is 4.98 Å². The molecule has 0 aromatic carbocycles. The summed E-state index contributed by atoms with van der Waals surface area (Å²) in [5.74, 6) is -4.99. The van der Waals surface area contributed by atoms with Gasteiger partial charge in [0.2, 0.25) is 0 Å². The first kappa shape index (κ1) is 12.8. The van der Waals surface area contributed by atoms with E-state index in [-0.39, 0.29) is 0 Å². The van der Waals surface area contributed by atoms with Crippen LogP contribution in [0.25, 0.3) is 0 Å². The fourth-order valence-corrected chi connectivity index (χ4v) is 1.10. The van der Waals surface area contributed by atoms with E-state index in [4.69, 9.17) is 5.73 Å². The predicted molar refractivity (Wildman–Crippen MR) is 46.9 cm³/mol. The highest BCUT2D eigenvalue weighted by Crippen LogP contribution is 2.42. The van der Waals surface area contributed by atoms with Crippen molar-refractivity contribution in [2.75, 3.05) is 0 Å². The monoisotopic (exact) mass is 240 g/mol. The van der Waals surface area contributed by atoms with Gasteiger partial charge in [-0.15, -0.1) is 0 Å². The van der Waals surface area contributed by atoms with Crippen molar-refractivity contribution in [1.82, 2.24) is 4.98 Å². The number of nitrogens with two attached hydrogens (primary N) is 1. The Balaban J connectivity index is 3.07. The molecule has 0 bridgehead atoms. The summed E-state index contributed by atoms with van der Waals surface area (Å²) < 4.78 is 61.7. The van der Waals surface area contributed by atoms with Gasteiger partial charge in [0.05, 0.1) is 5.69 Å². The Morgan fingerprint density at radius 2 is 1.75 bits per heavy atom. The van der Waals surface area contributed by atoms with Crippen molar-refractivity contribution in [2.45, 2.75) is 25.1 Å². The zero-order valence-corrected chi connectivity index (χ0v) is 8.22. The minimum Gasteiger partial charge on any atom is -0.317 e. The maximum absolute atomic E-state index is 12.9. The molecule has 1 heterocycles. The lowest BCUT2D eigenvalue weighted by Gasteiger charge is -2.25. The van der Waals surface area contributed by atoms with Crippen LogP contribution in [0.2, 0.25) is 0 Å². The quantitative estimate of drug-likeness (QED) is 0.807. The fraction of sp³-hybridized carbons (Fsp3) is 0.444. The molecule has 1 aromatic heterocycles. The van der Waals surface area contributed by atoms with Gasteiger partial charge in [-0.1, -0.05) is 6.07 Å². The molecular formula is C9H9F5N2. The molecule has 0 saturated heterocycles. The van der Waals surface area contributed by atoms with Crippen LogP contribution in [-0.4, -0.2) is 17.1 Å². The molecule has 0 aliphatic carbocycles. The molecule has 0 aliphatic rings. The SMILES string of the molecule is Cc1cccc([C@H](N)C(F)(F)C(F)(F)F)n1. The predicted octanol–water partition coefficient (Wildman–Crippen LogP) is 2.59. The second kappa shape index (κ2) is 3.97. The average Bonchev–Trinajstić information content (AvgIpc) is 2.14. The van der Waals surface area contributed by atoms with Crippen LogP contribution >= 0.6 is 0 Å². The van der Waals surface area contributed by atoms with Crippen LogP contribution in [0.5, 0.6) is 0 Å². The zero-order chi connectivity index (χ0) is 12.6. The number of aryl methyl sites for hydroxylation is 1. The highest BCUT2D eigenvalue weighted by Gasteiger charge is 2.62. The van der Waals surface area contributed by atoms with Gasteiger partial charge in [-0.25, -0.2) is 0 Å². The van der Waals surface area contributed by atoms with Crippen LogP contribution in [0.1, 0.15) is 17.4 Å². The molecule has 1 rings (SSSR count). The van der Waals surface area contributed by atoms with Gasteiger partial charge in [0, 0.05) is 5.69 Å². The molecule has 16 heavy (non-hydrogen) atoms. The smallest absolute Gasteiger partial charge is 0.317 e. The van der Waals surface area contributed by atoms with Crippen molar-refractivity contribution in [1.29, 1.82) is 0 Å². The molecule has 0 fully saturated rings. The Kier molecular flexibility index (Phi) is 3.18. The standard InChI is InChI=1S/C9H9F5N2/c1-5-3-2-4-6(16-5)7(15)8(10,11)9(12,13)14/h2-4,7H,15H2,1H3/t7-/m0/s1. The molecule has 1 aromatic rings. The maximum atomic E-state index is 12.9. The lowest BCUT2D eigenvalue weighted by molar-refractivity contribution is -0.291. The Bertz CT molecular complexity index is 374. The third kappa shape index (κ3) is 2.29. The Labute approximate surface area is 88.3 Å². The summed E-state index contributed by atoms with van der Waals surface area (Å²) >= 11 is 0. The third-order valence-corrected chi connectivity index (χ3v) is 2.00. The number of hydrogen-bond acceptors (Lipinski definition) is 2. The minimum atomic E-state index is -5.68. The molecule has 7 heteroatoms. The molecule has 0 amide bonds. The summed E-state index contributed by atoms with van der Waals surface area (Å²) in [7, 11) is 0. The number of nitrogens with zero attached hydrogens (tertiary/aromatic N) is 1. The van der Waals surface area contributed by atoms with E-state index in [1.165, 1.54) is 19.1 Å². The number of rotatable bonds is 2. The molecule has 0 saturated carbocycles. The third-order valence-electron chi connectivity index (χ3n) is 2.00. The van der Waals surface area contributed by atoms with Crippen molar-refractivity contribution < 1.29 is 22.0 Å². The second-order valence-corrected chi connectivity index (χ2v) is 3.30. The van der Waals surface area contributed by atoms with Gasteiger partial charge in [0.15, 0.2) is 0 Å². The van der Waals surface area contributed by atoms with Crippen molar-refractivity contribution >= 4 is 0 Å². The molecule has 1 atom stereocenters. The highest BCUT2D eigenvalue weighted by atomic mass is 19.4. The Hall–Kier alpha value is -1.24. The Morgan fingerprint density at radius 3 is 2.19 bits per heavy atom. The van der Waals surface area contributed by atoms with Crippen molar-refractivity contribution in [3.8, 4) is 0 Å². The normalized spacial score (nSPS) is 14.9. The molecular weight excluding hydrogens is 231 g/mol. The van der Waals surface area contributed by atoms with Crippen molar-refractivity contribution in [3.63, 3.8) is 0 Å². The number of pyridine rings is 1. The molecule has 0 unspecified atom stereocenters. The van der Waals surface area contributed by atoms with Gasteiger partial charge in [0.25, 0.3) is 0 Å². The summed E-state index contributed by atoms with van der Waals surface area (Å²) in [6.07, 6.45) is -5.68. The summed E-state index contributed by atoms with van der Waals surface area (Å²) in [6, 6.07) is 1.34. The summed E-state index contributed by atoms with van der Waals surface area (Å²) in [5.41, 5.74) is 4.74. The van der Waals surface area contributed by atoms with E-state index in [1.54, 1.807) is 0 Å². The largest absolute Gasteiger partial charge is 0.455 e. The topological polar surface area (TPSA) is 38.9 Å².